The van der Waals surface area contributed by atoms with Gasteiger partial charge in [0.25, 0.3) is 0 Å². The first-order valence-electron chi connectivity index (χ1n) is 14.9. The van der Waals surface area contributed by atoms with Crippen LogP contribution in [0.1, 0.15) is 43.7 Å². The molecule has 43 heavy (non-hydrogen) atoms. The summed E-state index contributed by atoms with van der Waals surface area (Å²) in [6, 6.07) is 15.5. The summed E-state index contributed by atoms with van der Waals surface area (Å²) in [4.78, 5) is 53.5. The second-order valence-electron chi connectivity index (χ2n) is 10.8. The summed E-state index contributed by atoms with van der Waals surface area (Å²) < 4.78 is 10.8. The number of nitrogens with one attached hydrogen (secondary N) is 1. The first kappa shape index (κ1) is 32.3. The summed E-state index contributed by atoms with van der Waals surface area (Å²) in [5, 5.41) is 12.7. The molecule has 2 unspecified atom stereocenters. The molecule has 0 bridgehead atoms. The number of hydrogen-bond acceptors (Lipinski definition) is 8. The molecule has 10 nitrogen and oxygen atoms in total. The Morgan fingerprint density at radius 3 is 2.47 bits per heavy atom. The van der Waals surface area contributed by atoms with Gasteiger partial charge in [0.2, 0.25) is 5.91 Å². The van der Waals surface area contributed by atoms with Gasteiger partial charge in [0.1, 0.15) is 19.2 Å². The minimum atomic E-state index is -1.10. The summed E-state index contributed by atoms with van der Waals surface area (Å²) >= 11 is 1.63. The molecule has 4 rings (SSSR count). The number of fused-ring (bicyclic) bond motifs is 1. The Kier molecular flexibility index (Phi) is 12.3. The molecule has 0 spiro atoms. The fourth-order valence-electron chi connectivity index (χ4n) is 5.50. The predicted octanol–water partition coefficient (Wildman–Crippen LogP) is 4.11. The molecule has 2 aliphatic heterocycles. The number of carbonyl (C=O) groups excluding carboxylic acids is 3. The topological polar surface area (TPSA) is 125 Å². The normalized spacial score (nSPS) is 18.0. The molecule has 0 radical (unpaired) electrons. The SMILES string of the molecule is CCOC(=O)C(CSCCC1CCN(C(=O)OCc2ccccc2)CC1)NC1CCc2ccccc2N(CC(=O)O)C1=O. The van der Waals surface area contributed by atoms with Crippen molar-refractivity contribution in [2.45, 2.75) is 57.7 Å². The number of likely N-dealkylation sites (tertiary alicyclic amines) is 1. The number of para-hydroxylation sites is 1. The van der Waals surface area contributed by atoms with Gasteiger partial charge in [-0.25, -0.2) is 4.79 Å². The number of hydrogen-bond donors (Lipinski definition) is 2. The molecule has 2 aromatic carbocycles. The van der Waals surface area contributed by atoms with Crippen molar-refractivity contribution in [1.82, 2.24) is 10.2 Å². The Labute approximate surface area is 257 Å². The van der Waals surface area contributed by atoms with Crippen LogP contribution in [0.4, 0.5) is 10.5 Å². The van der Waals surface area contributed by atoms with Gasteiger partial charge in [-0.15, -0.1) is 0 Å². The number of esters is 1. The van der Waals surface area contributed by atoms with E-state index in [1.165, 1.54) is 4.90 Å². The predicted molar refractivity (Wildman–Crippen MR) is 165 cm³/mol. The highest BCUT2D eigenvalue weighted by Crippen LogP contribution is 2.28. The van der Waals surface area contributed by atoms with Gasteiger partial charge in [0, 0.05) is 24.5 Å². The first-order chi connectivity index (χ1) is 20.9. The molecule has 232 valence electrons. The van der Waals surface area contributed by atoms with E-state index in [9.17, 15) is 24.3 Å². The van der Waals surface area contributed by atoms with E-state index in [2.05, 4.69) is 5.32 Å². The number of carboxylic acid groups (broad SMARTS) is 1. The number of amides is 2. The van der Waals surface area contributed by atoms with Crippen LogP contribution in [0.3, 0.4) is 0 Å². The van der Waals surface area contributed by atoms with E-state index >= 15 is 0 Å². The van der Waals surface area contributed by atoms with Gasteiger partial charge >= 0.3 is 18.0 Å². The summed E-state index contributed by atoms with van der Waals surface area (Å²) in [5.41, 5.74) is 2.46. The number of ether oxygens (including phenoxy) is 2. The van der Waals surface area contributed by atoms with Gasteiger partial charge in [-0.2, -0.15) is 11.8 Å². The largest absolute Gasteiger partial charge is 0.480 e. The highest BCUT2D eigenvalue weighted by molar-refractivity contribution is 7.99. The van der Waals surface area contributed by atoms with Gasteiger partial charge in [-0.3, -0.25) is 24.6 Å². The number of thioether (sulfide) groups is 1. The maximum atomic E-state index is 13.5. The van der Waals surface area contributed by atoms with E-state index in [1.807, 2.05) is 42.5 Å². The third-order valence-corrected chi connectivity index (χ3v) is 8.94. The molecule has 1 saturated heterocycles. The molecule has 2 N–H and O–H groups in total. The molecule has 2 heterocycles. The molecule has 2 amide bonds. The van der Waals surface area contributed by atoms with E-state index in [-0.39, 0.29) is 25.2 Å². The number of carbonyl (C=O) groups is 4. The van der Waals surface area contributed by atoms with Crippen LogP contribution in [0.25, 0.3) is 0 Å². The minimum absolute atomic E-state index is 0.225. The second-order valence-corrected chi connectivity index (χ2v) is 12.0. The van der Waals surface area contributed by atoms with Crippen molar-refractivity contribution in [3.63, 3.8) is 0 Å². The number of carboxylic acids is 1. The van der Waals surface area contributed by atoms with Crippen molar-refractivity contribution in [1.29, 1.82) is 0 Å². The fraction of sp³-hybridized carbons (Fsp3) is 0.500. The number of piperidine rings is 1. The van der Waals surface area contributed by atoms with Crippen molar-refractivity contribution in [3.8, 4) is 0 Å². The summed E-state index contributed by atoms with van der Waals surface area (Å²) in [7, 11) is 0. The van der Waals surface area contributed by atoms with Crippen molar-refractivity contribution in [2.75, 3.05) is 42.6 Å². The first-order valence-corrected chi connectivity index (χ1v) is 16.1. The Morgan fingerprint density at radius 1 is 1.02 bits per heavy atom. The zero-order chi connectivity index (χ0) is 30.6. The molecule has 2 aromatic rings. The van der Waals surface area contributed by atoms with E-state index in [0.29, 0.717) is 43.3 Å². The molecule has 11 heteroatoms. The number of rotatable bonds is 13. The van der Waals surface area contributed by atoms with Crippen molar-refractivity contribution in [3.05, 3.63) is 65.7 Å². The molecular formula is C32H41N3O7S. The standard InChI is InChI=1S/C32H41N3O7S/c1-2-41-31(39)27(33-26-13-12-25-10-6-7-11-28(25)35(30(26)38)20-29(36)37)22-43-19-16-23-14-17-34(18-15-23)32(40)42-21-24-8-4-3-5-9-24/h3-11,23,26-27,33H,2,12-22H2,1H3,(H,36,37). The van der Waals surface area contributed by atoms with Crippen LogP contribution in [0, 0.1) is 5.92 Å². The number of anilines is 1. The van der Waals surface area contributed by atoms with Gasteiger partial charge < -0.3 is 19.5 Å². The monoisotopic (exact) mass is 611 g/mol. The maximum absolute atomic E-state index is 13.5. The molecule has 0 aliphatic carbocycles. The summed E-state index contributed by atoms with van der Waals surface area (Å²) in [5.74, 6) is -0.144. The number of nitrogens with zero attached hydrogens (tertiary/aromatic N) is 2. The van der Waals surface area contributed by atoms with Crippen LogP contribution in [0.5, 0.6) is 0 Å². The molecule has 2 aliphatic rings. The van der Waals surface area contributed by atoms with Crippen LogP contribution >= 0.6 is 11.8 Å². The lowest BCUT2D eigenvalue weighted by Gasteiger charge is -2.31. The Bertz CT molecular complexity index is 1240. The number of aryl methyl sites for hydroxylation is 1. The van der Waals surface area contributed by atoms with Crippen LogP contribution in [0.2, 0.25) is 0 Å². The second kappa shape index (κ2) is 16.3. The minimum Gasteiger partial charge on any atom is -0.480 e. The molecule has 2 atom stereocenters. The van der Waals surface area contributed by atoms with E-state index in [4.69, 9.17) is 9.47 Å². The van der Waals surface area contributed by atoms with Gasteiger partial charge in [-0.1, -0.05) is 48.5 Å². The molecule has 0 saturated carbocycles. The maximum Gasteiger partial charge on any atom is 0.410 e. The third kappa shape index (κ3) is 9.46. The molecule has 1 fully saturated rings. The Hall–Kier alpha value is -3.57. The average molecular weight is 612 g/mol. The number of benzene rings is 2. The van der Waals surface area contributed by atoms with Crippen LogP contribution < -0.4 is 10.2 Å². The quantitative estimate of drug-likeness (QED) is 0.254. The van der Waals surface area contributed by atoms with Crippen LogP contribution in [-0.4, -0.2) is 83.8 Å². The van der Waals surface area contributed by atoms with Crippen LogP contribution in [0.15, 0.2) is 54.6 Å². The van der Waals surface area contributed by atoms with Crippen LogP contribution in [-0.2, 0) is 36.9 Å². The zero-order valence-corrected chi connectivity index (χ0v) is 25.4. The highest BCUT2D eigenvalue weighted by Gasteiger charge is 2.34. The summed E-state index contributed by atoms with van der Waals surface area (Å²) in [6.07, 6.45) is 3.50. The lowest BCUT2D eigenvalue weighted by Crippen LogP contribution is -2.53. The Morgan fingerprint density at radius 2 is 1.74 bits per heavy atom. The lowest BCUT2D eigenvalue weighted by atomic mass is 9.95. The van der Waals surface area contributed by atoms with Crippen molar-refractivity contribution in [2.24, 2.45) is 5.92 Å². The summed E-state index contributed by atoms with van der Waals surface area (Å²) in [6.45, 7) is 3.11. The fourth-order valence-corrected chi connectivity index (χ4v) is 6.64. The van der Waals surface area contributed by atoms with Gasteiger partial charge in [-0.05, 0) is 67.9 Å². The average Bonchev–Trinajstić information content (AvgIpc) is 3.14. The lowest BCUT2D eigenvalue weighted by molar-refractivity contribution is -0.145. The van der Waals surface area contributed by atoms with E-state index in [1.54, 1.807) is 35.7 Å². The third-order valence-electron chi connectivity index (χ3n) is 7.85. The van der Waals surface area contributed by atoms with E-state index in [0.717, 1.165) is 36.1 Å². The van der Waals surface area contributed by atoms with Gasteiger partial charge in [0.05, 0.1) is 12.6 Å². The van der Waals surface area contributed by atoms with Crippen molar-refractivity contribution < 1.29 is 33.8 Å². The highest BCUT2D eigenvalue weighted by atomic mass is 32.2. The molecular weight excluding hydrogens is 570 g/mol. The smallest absolute Gasteiger partial charge is 0.410 e. The zero-order valence-electron chi connectivity index (χ0n) is 24.6. The Balaban J connectivity index is 1.25. The van der Waals surface area contributed by atoms with Crippen molar-refractivity contribution >= 4 is 41.4 Å². The number of aliphatic carboxylic acids is 1. The molecule has 0 aromatic heterocycles. The van der Waals surface area contributed by atoms with E-state index < -0.39 is 30.6 Å². The van der Waals surface area contributed by atoms with Gasteiger partial charge in [0.15, 0.2) is 0 Å².